The van der Waals surface area contributed by atoms with Gasteiger partial charge in [-0.1, -0.05) is 0 Å². The second kappa shape index (κ2) is 6.76. The molecule has 0 saturated carbocycles. The van der Waals surface area contributed by atoms with E-state index in [9.17, 15) is 39.6 Å². The molecule has 0 unspecified atom stereocenters. The molecular weight excluding hydrogens is 404 g/mol. The van der Waals surface area contributed by atoms with E-state index in [0.29, 0.717) is 0 Å². The van der Waals surface area contributed by atoms with Crippen LogP contribution in [0.4, 0.5) is 32.0 Å². The van der Waals surface area contributed by atoms with Gasteiger partial charge in [-0.3, -0.25) is 4.72 Å². The molecule has 0 aliphatic carbocycles. The van der Waals surface area contributed by atoms with E-state index < -0.39 is 44.4 Å². The zero-order valence-electron chi connectivity index (χ0n) is 12.9. The molecular formula is C15H9F6NO4S. The van der Waals surface area contributed by atoms with Gasteiger partial charge in [0.05, 0.1) is 21.6 Å². The zero-order chi connectivity index (χ0) is 20.6. The molecule has 2 rings (SSSR count). The summed E-state index contributed by atoms with van der Waals surface area (Å²) in [6, 6.07) is 3.96. The third kappa shape index (κ3) is 4.90. The average Bonchev–Trinajstić information content (AvgIpc) is 2.53. The van der Waals surface area contributed by atoms with E-state index in [2.05, 4.69) is 0 Å². The highest BCUT2D eigenvalue weighted by Gasteiger charge is 2.38. The summed E-state index contributed by atoms with van der Waals surface area (Å²) in [4.78, 5) is 9.49. The lowest BCUT2D eigenvalue weighted by Gasteiger charge is -2.15. The predicted molar refractivity (Wildman–Crippen MR) is 80.7 cm³/mol. The van der Waals surface area contributed by atoms with E-state index in [1.165, 1.54) is 0 Å². The summed E-state index contributed by atoms with van der Waals surface area (Å²) in [6.45, 7) is 0. The van der Waals surface area contributed by atoms with Crippen molar-refractivity contribution in [3.8, 4) is 0 Å². The molecule has 0 heterocycles. The van der Waals surface area contributed by atoms with E-state index >= 15 is 0 Å². The van der Waals surface area contributed by atoms with E-state index in [4.69, 9.17) is 5.11 Å². The number of benzene rings is 2. The highest BCUT2D eigenvalue weighted by atomic mass is 32.2. The van der Waals surface area contributed by atoms with Gasteiger partial charge in [0, 0.05) is 5.69 Å². The van der Waals surface area contributed by atoms with Crippen molar-refractivity contribution in [2.45, 2.75) is 17.2 Å². The molecule has 146 valence electrons. The van der Waals surface area contributed by atoms with E-state index in [1.54, 1.807) is 4.72 Å². The summed E-state index contributed by atoms with van der Waals surface area (Å²) in [7, 11) is -4.81. The fraction of sp³-hybridized carbons (Fsp3) is 0.133. The summed E-state index contributed by atoms with van der Waals surface area (Å²) in [6.07, 6.45) is -10.4. The van der Waals surface area contributed by atoms with Crippen molar-refractivity contribution in [2.24, 2.45) is 0 Å². The van der Waals surface area contributed by atoms with Crippen LogP contribution >= 0.6 is 0 Å². The largest absolute Gasteiger partial charge is 0.478 e. The maximum Gasteiger partial charge on any atom is 0.416 e. The van der Waals surface area contributed by atoms with Gasteiger partial charge >= 0.3 is 18.3 Å². The van der Waals surface area contributed by atoms with Crippen LogP contribution in [0, 0.1) is 0 Å². The van der Waals surface area contributed by atoms with Crippen LogP contribution in [0.2, 0.25) is 0 Å². The molecule has 0 aliphatic rings. The highest BCUT2D eigenvalue weighted by Crippen LogP contribution is 2.37. The molecule has 0 radical (unpaired) electrons. The summed E-state index contributed by atoms with van der Waals surface area (Å²) in [5.41, 5.74) is -4.00. The van der Waals surface area contributed by atoms with Crippen molar-refractivity contribution in [3.63, 3.8) is 0 Å². The molecule has 0 amide bonds. The molecule has 27 heavy (non-hydrogen) atoms. The van der Waals surface area contributed by atoms with Crippen LogP contribution < -0.4 is 4.72 Å². The van der Waals surface area contributed by atoms with Crippen LogP contribution in [-0.2, 0) is 22.4 Å². The lowest BCUT2D eigenvalue weighted by molar-refractivity contribution is -0.143. The summed E-state index contributed by atoms with van der Waals surface area (Å²) < 4.78 is 103. The van der Waals surface area contributed by atoms with Gasteiger partial charge in [-0.25, -0.2) is 13.2 Å². The number of hydrogen-bond donors (Lipinski definition) is 2. The number of sulfonamides is 1. The minimum absolute atomic E-state index is 0.0726. The van der Waals surface area contributed by atoms with Crippen molar-refractivity contribution in [2.75, 3.05) is 4.72 Å². The Morgan fingerprint density at radius 2 is 1.30 bits per heavy atom. The average molecular weight is 413 g/mol. The quantitative estimate of drug-likeness (QED) is 0.736. The first-order valence-corrected chi connectivity index (χ1v) is 8.34. The number of hydrogen-bond acceptors (Lipinski definition) is 3. The second-order valence-electron chi connectivity index (χ2n) is 5.23. The Kier molecular flexibility index (Phi) is 5.14. The first-order chi connectivity index (χ1) is 12.2. The molecule has 0 aliphatic heterocycles. The number of alkyl halides is 6. The maximum atomic E-state index is 12.8. The smallest absolute Gasteiger partial charge is 0.416 e. The molecule has 2 N–H and O–H groups in total. The van der Waals surface area contributed by atoms with Gasteiger partial charge in [-0.15, -0.1) is 0 Å². The maximum absolute atomic E-state index is 12.8. The van der Waals surface area contributed by atoms with Crippen LogP contribution in [0.1, 0.15) is 21.5 Å². The van der Waals surface area contributed by atoms with E-state index in [-0.39, 0.29) is 29.4 Å². The van der Waals surface area contributed by atoms with Crippen LogP contribution in [-0.4, -0.2) is 19.5 Å². The normalized spacial score (nSPS) is 12.7. The fourth-order valence-corrected chi connectivity index (χ4v) is 3.10. The van der Waals surface area contributed by atoms with E-state index in [0.717, 1.165) is 24.3 Å². The van der Waals surface area contributed by atoms with Crippen LogP contribution in [0.5, 0.6) is 0 Å². The first kappa shape index (κ1) is 20.6. The molecule has 5 nitrogen and oxygen atoms in total. The SMILES string of the molecule is O=C(O)c1ccc(NS(=O)(=O)c2cc(C(F)(F)F)cc(C(F)(F)F)c2)cc1. The van der Waals surface area contributed by atoms with Crippen LogP contribution in [0.15, 0.2) is 47.4 Å². The molecule has 0 fully saturated rings. The summed E-state index contributed by atoms with van der Waals surface area (Å²) >= 11 is 0. The van der Waals surface area contributed by atoms with Gasteiger partial charge in [0.1, 0.15) is 0 Å². The Morgan fingerprint density at radius 1 is 0.852 bits per heavy atom. The Balaban J connectivity index is 2.49. The number of carboxylic acids is 1. The summed E-state index contributed by atoms with van der Waals surface area (Å²) in [5.74, 6) is -1.31. The van der Waals surface area contributed by atoms with Crippen LogP contribution in [0.3, 0.4) is 0 Å². The van der Waals surface area contributed by atoms with Crippen molar-refractivity contribution in [1.82, 2.24) is 0 Å². The standard InChI is InChI=1S/C15H9F6NO4S/c16-14(17,18)9-5-10(15(19,20)21)7-12(6-9)27(25,26)22-11-3-1-8(2-4-11)13(23)24/h1-7,22H,(H,23,24). The number of aromatic carboxylic acids is 1. The summed E-state index contributed by atoms with van der Waals surface area (Å²) in [5, 5.41) is 8.75. The van der Waals surface area contributed by atoms with Gasteiger partial charge in [-0.05, 0) is 42.5 Å². The van der Waals surface area contributed by atoms with Gasteiger partial charge < -0.3 is 5.11 Å². The minimum Gasteiger partial charge on any atom is -0.478 e. The number of rotatable bonds is 4. The molecule has 0 bridgehead atoms. The Hall–Kier alpha value is -2.76. The fourth-order valence-electron chi connectivity index (χ4n) is 1.98. The Bertz CT molecular complexity index is 933. The number of anilines is 1. The van der Waals surface area contributed by atoms with Crippen molar-refractivity contribution in [3.05, 3.63) is 59.2 Å². The molecule has 0 spiro atoms. The minimum atomic E-state index is -5.20. The zero-order valence-corrected chi connectivity index (χ0v) is 13.7. The molecule has 0 saturated heterocycles. The van der Waals surface area contributed by atoms with Crippen molar-refractivity contribution < 1.29 is 44.7 Å². The lowest BCUT2D eigenvalue weighted by atomic mass is 10.1. The third-order valence-electron chi connectivity index (χ3n) is 3.26. The van der Waals surface area contributed by atoms with Gasteiger partial charge in [0.15, 0.2) is 0 Å². The number of halogens is 6. The number of carboxylic acid groups (broad SMARTS) is 1. The molecule has 0 aromatic heterocycles. The van der Waals surface area contributed by atoms with E-state index in [1.807, 2.05) is 0 Å². The van der Waals surface area contributed by atoms with Gasteiger partial charge in [0.25, 0.3) is 10.0 Å². The molecule has 2 aromatic rings. The van der Waals surface area contributed by atoms with Crippen molar-refractivity contribution >= 4 is 21.7 Å². The van der Waals surface area contributed by atoms with Crippen LogP contribution in [0.25, 0.3) is 0 Å². The molecule has 2 aromatic carbocycles. The van der Waals surface area contributed by atoms with Crippen molar-refractivity contribution in [1.29, 1.82) is 0 Å². The Morgan fingerprint density at radius 3 is 1.67 bits per heavy atom. The van der Waals surface area contributed by atoms with Gasteiger partial charge in [-0.2, -0.15) is 26.3 Å². The lowest BCUT2D eigenvalue weighted by Crippen LogP contribution is -2.17. The first-order valence-electron chi connectivity index (χ1n) is 6.86. The van der Waals surface area contributed by atoms with Gasteiger partial charge in [0.2, 0.25) is 0 Å². The molecule has 12 heteroatoms. The monoisotopic (exact) mass is 413 g/mol. The number of nitrogens with one attached hydrogen (secondary N) is 1. The number of carbonyl (C=O) groups is 1. The highest BCUT2D eigenvalue weighted by molar-refractivity contribution is 7.92. The topological polar surface area (TPSA) is 83.5 Å². The Labute approximate surface area is 148 Å². The molecule has 0 atom stereocenters. The predicted octanol–water partition coefficient (Wildman–Crippen LogP) is 4.22. The third-order valence-corrected chi connectivity index (χ3v) is 4.62. The second-order valence-corrected chi connectivity index (χ2v) is 6.91.